The van der Waals surface area contributed by atoms with Gasteiger partial charge in [0.1, 0.15) is 5.75 Å². The summed E-state index contributed by atoms with van der Waals surface area (Å²) in [6, 6.07) is 3.47. The number of ether oxygens (including phenoxy) is 2. The van der Waals surface area contributed by atoms with E-state index in [0.29, 0.717) is 12.2 Å². The zero-order valence-electron chi connectivity index (χ0n) is 11.6. The van der Waals surface area contributed by atoms with Gasteiger partial charge in [0.25, 0.3) is 0 Å². The molecule has 1 aromatic rings. The highest BCUT2D eigenvalue weighted by atomic mass is 16.5. The average molecular weight is 262 g/mol. The average Bonchev–Trinajstić information content (AvgIpc) is 2.41. The van der Waals surface area contributed by atoms with Crippen LogP contribution in [0.25, 0.3) is 0 Å². The van der Waals surface area contributed by atoms with Gasteiger partial charge in [-0.3, -0.25) is 4.79 Å². The molecule has 0 bridgehead atoms. The van der Waals surface area contributed by atoms with Crippen molar-refractivity contribution < 1.29 is 19.1 Å². The van der Waals surface area contributed by atoms with Crippen LogP contribution in [0.5, 0.6) is 5.75 Å². The van der Waals surface area contributed by atoms with Crippen molar-refractivity contribution in [1.82, 2.24) is 0 Å². The number of rotatable bonds is 5. The molecular formula is C15H18O4. The standard InChI is InChI=1S/C15H18O4/c1-5-19-14-8-6-12(10(2)11(14)3)13(16)7-9-15(17)18-4/h6-9H,5H2,1-4H3/b9-7+. The summed E-state index contributed by atoms with van der Waals surface area (Å²) in [7, 11) is 1.27. The summed E-state index contributed by atoms with van der Waals surface area (Å²) >= 11 is 0. The van der Waals surface area contributed by atoms with Gasteiger partial charge in [-0.25, -0.2) is 4.79 Å². The van der Waals surface area contributed by atoms with Gasteiger partial charge in [-0.1, -0.05) is 0 Å². The third kappa shape index (κ3) is 3.68. The van der Waals surface area contributed by atoms with E-state index in [9.17, 15) is 9.59 Å². The normalized spacial score (nSPS) is 10.5. The molecule has 0 aliphatic rings. The zero-order valence-corrected chi connectivity index (χ0v) is 11.6. The van der Waals surface area contributed by atoms with Crippen LogP contribution in [0.4, 0.5) is 0 Å². The van der Waals surface area contributed by atoms with Crippen molar-refractivity contribution in [3.63, 3.8) is 0 Å². The molecule has 0 saturated carbocycles. The van der Waals surface area contributed by atoms with Crippen LogP contribution in [0.2, 0.25) is 0 Å². The van der Waals surface area contributed by atoms with Crippen LogP contribution in [0.1, 0.15) is 28.4 Å². The maximum Gasteiger partial charge on any atom is 0.330 e. The molecule has 0 fully saturated rings. The minimum Gasteiger partial charge on any atom is -0.494 e. The molecule has 0 radical (unpaired) electrons. The molecule has 4 nitrogen and oxygen atoms in total. The largest absolute Gasteiger partial charge is 0.494 e. The number of allylic oxidation sites excluding steroid dienone is 1. The Bertz CT molecular complexity index is 515. The predicted octanol–water partition coefficient (Wildman–Crippen LogP) is 2.61. The molecule has 0 aromatic heterocycles. The van der Waals surface area contributed by atoms with E-state index in [2.05, 4.69) is 4.74 Å². The van der Waals surface area contributed by atoms with E-state index in [-0.39, 0.29) is 5.78 Å². The molecular weight excluding hydrogens is 244 g/mol. The van der Waals surface area contributed by atoms with Gasteiger partial charge >= 0.3 is 5.97 Å². The summed E-state index contributed by atoms with van der Waals surface area (Å²) < 4.78 is 9.91. The molecule has 1 aromatic carbocycles. The highest BCUT2D eigenvalue weighted by molar-refractivity contribution is 6.08. The Hall–Kier alpha value is -2.10. The van der Waals surface area contributed by atoms with Gasteiger partial charge in [-0.05, 0) is 50.1 Å². The van der Waals surface area contributed by atoms with Crippen molar-refractivity contribution in [1.29, 1.82) is 0 Å². The van der Waals surface area contributed by atoms with Crippen molar-refractivity contribution in [2.45, 2.75) is 20.8 Å². The van der Waals surface area contributed by atoms with Crippen LogP contribution in [-0.4, -0.2) is 25.5 Å². The Morgan fingerprint density at radius 1 is 1.16 bits per heavy atom. The minimum absolute atomic E-state index is 0.228. The van der Waals surface area contributed by atoms with Gasteiger partial charge in [-0.15, -0.1) is 0 Å². The van der Waals surface area contributed by atoms with Crippen LogP contribution in [-0.2, 0) is 9.53 Å². The van der Waals surface area contributed by atoms with E-state index < -0.39 is 5.97 Å². The summed E-state index contributed by atoms with van der Waals surface area (Å²) in [5.74, 6) is -0.00351. The van der Waals surface area contributed by atoms with Gasteiger partial charge in [0, 0.05) is 11.6 Å². The second kappa shape index (κ2) is 6.73. The summed E-state index contributed by atoms with van der Waals surface area (Å²) in [5.41, 5.74) is 2.34. The molecule has 0 amide bonds. The number of benzene rings is 1. The molecule has 0 aliphatic carbocycles. The number of ketones is 1. The van der Waals surface area contributed by atoms with E-state index >= 15 is 0 Å². The highest BCUT2D eigenvalue weighted by Gasteiger charge is 2.11. The van der Waals surface area contributed by atoms with Crippen molar-refractivity contribution >= 4 is 11.8 Å². The lowest BCUT2D eigenvalue weighted by Gasteiger charge is -2.12. The fraction of sp³-hybridized carbons (Fsp3) is 0.333. The summed E-state index contributed by atoms with van der Waals surface area (Å²) in [6.45, 7) is 6.25. The second-order valence-corrected chi connectivity index (χ2v) is 4.02. The lowest BCUT2D eigenvalue weighted by molar-refractivity contribution is -0.134. The Labute approximate surface area is 113 Å². The molecule has 0 spiro atoms. The number of hydrogen-bond acceptors (Lipinski definition) is 4. The van der Waals surface area contributed by atoms with Crippen LogP contribution < -0.4 is 4.74 Å². The molecule has 4 heteroatoms. The molecule has 0 saturated heterocycles. The van der Waals surface area contributed by atoms with Crippen molar-refractivity contribution in [3.05, 3.63) is 41.0 Å². The van der Waals surface area contributed by atoms with E-state index in [4.69, 9.17) is 4.74 Å². The first-order valence-corrected chi connectivity index (χ1v) is 6.04. The maximum atomic E-state index is 12.0. The van der Waals surface area contributed by atoms with Gasteiger partial charge in [0.15, 0.2) is 5.78 Å². The highest BCUT2D eigenvalue weighted by Crippen LogP contribution is 2.24. The first-order chi connectivity index (χ1) is 9.01. The number of hydrogen-bond donors (Lipinski definition) is 0. The van der Waals surface area contributed by atoms with Crippen molar-refractivity contribution in [2.24, 2.45) is 0 Å². The zero-order chi connectivity index (χ0) is 14.4. The second-order valence-electron chi connectivity index (χ2n) is 4.02. The Balaban J connectivity index is 3.02. The molecule has 102 valence electrons. The molecule has 1 rings (SSSR count). The lowest BCUT2D eigenvalue weighted by Crippen LogP contribution is -2.04. The smallest absolute Gasteiger partial charge is 0.330 e. The van der Waals surface area contributed by atoms with E-state index in [1.54, 1.807) is 12.1 Å². The van der Waals surface area contributed by atoms with E-state index in [0.717, 1.165) is 23.0 Å². The van der Waals surface area contributed by atoms with Gasteiger partial charge in [0.05, 0.1) is 13.7 Å². The van der Waals surface area contributed by atoms with Gasteiger partial charge in [0.2, 0.25) is 0 Å². The SMILES string of the molecule is CCOc1ccc(C(=O)/C=C/C(=O)OC)c(C)c1C. The topological polar surface area (TPSA) is 52.6 Å². The van der Waals surface area contributed by atoms with Crippen LogP contribution in [0, 0.1) is 13.8 Å². The third-order valence-corrected chi connectivity index (χ3v) is 2.87. The molecule has 0 N–H and O–H groups in total. The third-order valence-electron chi connectivity index (χ3n) is 2.87. The van der Waals surface area contributed by atoms with E-state index in [1.807, 2.05) is 20.8 Å². The number of carbonyl (C=O) groups is 2. The molecule has 0 unspecified atom stereocenters. The van der Waals surface area contributed by atoms with Gasteiger partial charge in [-0.2, -0.15) is 0 Å². The first-order valence-electron chi connectivity index (χ1n) is 6.04. The van der Waals surface area contributed by atoms with Crippen LogP contribution in [0.3, 0.4) is 0 Å². The Kier molecular flexibility index (Phi) is 5.30. The number of carbonyl (C=O) groups excluding carboxylic acids is 2. The molecule has 0 aliphatic heterocycles. The van der Waals surface area contributed by atoms with Crippen molar-refractivity contribution in [2.75, 3.05) is 13.7 Å². The molecule has 0 heterocycles. The van der Waals surface area contributed by atoms with Crippen LogP contribution in [0.15, 0.2) is 24.3 Å². The summed E-state index contributed by atoms with van der Waals surface area (Å²) in [6.07, 6.45) is 2.33. The Morgan fingerprint density at radius 3 is 2.42 bits per heavy atom. The summed E-state index contributed by atoms with van der Waals surface area (Å²) in [4.78, 5) is 22.9. The van der Waals surface area contributed by atoms with Crippen LogP contribution >= 0.6 is 0 Å². The fourth-order valence-electron chi connectivity index (χ4n) is 1.68. The lowest BCUT2D eigenvalue weighted by atomic mass is 9.99. The predicted molar refractivity (Wildman–Crippen MR) is 72.6 cm³/mol. The minimum atomic E-state index is -0.548. The molecule has 0 atom stereocenters. The first kappa shape index (κ1) is 15.0. The number of methoxy groups -OCH3 is 1. The molecule has 19 heavy (non-hydrogen) atoms. The summed E-state index contributed by atoms with van der Waals surface area (Å²) in [5, 5.41) is 0. The quantitative estimate of drug-likeness (QED) is 0.465. The number of esters is 1. The van der Waals surface area contributed by atoms with E-state index in [1.165, 1.54) is 13.2 Å². The fourth-order valence-corrected chi connectivity index (χ4v) is 1.68. The van der Waals surface area contributed by atoms with Crippen molar-refractivity contribution in [3.8, 4) is 5.75 Å². The maximum absolute atomic E-state index is 12.0. The van der Waals surface area contributed by atoms with Gasteiger partial charge < -0.3 is 9.47 Å². The Morgan fingerprint density at radius 2 is 1.84 bits per heavy atom. The monoisotopic (exact) mass is 262 g/mol.